The van der Waals surface area contributed by atoms with Crippen LogP contribution in [0.2, 0.25) is 0 Å². The lowest BCUT2D eigenvalue weighted by atomic mass is 10.1. The number of hydrogen-bond donors (Lipinski definition) is 1. The molecule has 1 aromatic heterocycles. The molecule has 0 saturated carbocycles. The normalized spacial score (nSPS) is 13.9. The molecule has 4 rings (SSSR count). The van der Waals surface area contributed by atoms with Crippen LogP contribution >= 0.6 is 12.2 Å². The average Bonchev–Trinajstić information content (AvgIpc) is 3.36. The largest absolute Gasteiger partial charge is 0.474 e. The lowest BCUT2D eigenvalue weighted by Gasteiger charge is -2.36. The highest BCUT2D eigenvalue weighted by molar-refractivity contribution is 7.80. The monoisotopic (exact) mass is 529 g/mol. The first kappa shape index (κ1) is 26.4. The van der Waals surface area contributed by atoms with E-state index in [1.807, 2.05) is 18.2 Å². The molecule has 1 N–H and O–H groups in total. The van der Waals surface area contributed by atoms with Crippen LogP contribution in [0.5, 0.6) is 0 Å². The van der Waals surface area contributed by atoms with Crippen LogP contribution in [0.15, 0.2) is 42.6 Å². The van der Waals surface area contributed by atoms with Gasteiger partial charge in [-0.3, -0.25) is 9.69 Å². The molecule has 2 heterocycles. The number of carbonyl (C=O) groups is 1. The number of thiocarbonyl (C=S) groups is 1. The Labute approximate surface area is 219 Å². The number of hydrogen-bond acceptors (Lipinski definition) is 7. The maximum absolute atomic E-state index is 15.1. The summed E-state index contributed by atoms with van der Waals surface area (Å²) in [4.78, 5) is 17.7. The predicted octanol–water partition coefficient (Wildman–Crippen LogP) is 2.59. The van der Waals surface area contributed by atoms with Crippen LogP contribution in [0.4, 0.5) is 14.5 Å². The minimum atomic E-state index is -0.658. The number of ether oxygens (including phenoxy) is 1. The third-order valence-corrected chi connectivity index (χ3v) is 6.39. The van der Waals surface area contributed by atoms with E-state index in [0.717, 1.165) is 5.56 Å². The molecule has 1 saturated heterocycles. The molecule has 2 aromatic carbocycles. The fourth-order valence-corrected chi connectivity index (χ4v) is 4.25. The Morgan fingerprint density at radius 3 is 2.49 bits per heavy atom. The molecule has 1 amide bonds. The lowest BCUT2D eigenvalue weighted by Crippen LogP contribution is -2.46. The van der Waals surface area contributed by atoms with E-state index in [2.05, 4.69) is 20.5 Å². The number of carbonyl (C=O) groups excluding carboxylic acids is 1. The molecule has 0 radical (unpaired) electrons. The van der Waals surface area contributed by atoms with Gasteiger partial charge in [0.15, 0.2) is 11.6 Å². The minimum absolute atomic E-state index is 0.0463. The number of aromatic nitrogens is 3. The Kier molecular flexibility index (Phi) is 8.29. The second-order valence-corrected chi connectivity index (χ2v) is 9.29. The van der Waals surface area contributed by atoms with E-state index in [1.54, 1.807) is 36.2 Å². The molecule has 1 aliphatic heterocycles. The smallest absolute Gasteiger partial charge is 0.256 e. The maximum atomic E-state index is 15.1. The van der Waals surface area contributed by atoms with Gasteiger partial charge in [-0.15, -0.1) is 5.10 Å². The molecule has 0 spiro atoms. The van der Waals surface area contributed by atoms with Gasteiger partial charge in [0, 0.05) is 64.5 Å². The fraction of sp³-hybridized carbons (Fsp3) is 0.360. The van der Waals surface area contributed by atoms with Gasteiger partial charge in [-0.25, -0.2) is 13.5 Å². The van der Waals surface area contributed by atoms with Gasteiger partial charge in [-0.1, -0.05) is 17.3 Å². The summed E-state index contributed by atoms with van der Waals surface area (Å²) in [6.07, 6.45) is 1.57. The Morgan fingerprint density at radius 1 is 1.14 bits per heavy atom. The predicted molar refractivity (Wildman–Crippen MR) is 140 cm³/mol. The van der Waals surface area contributed by atoms with Crippen LogP contribution < -0.4 is 10.2 Å². The van der Waals surface area contributed by atoms with Crippen molar-refractivity contribution in [1.29, 1.82) is 0 Å². The molecule has 1 fully saturated rings. The highest BCUT2D eigenvalue weighted by atomic mass is 32.1. The second kappa shape index (κ2) is 11.6. The molecule has 9 nitrogen and oxygen atoms in total. The number of anilines is 1. The van der Waals surface area contributed by atoms with E-state index in [4.69, 9.17) is 17.0 Å². The number of halogens is 2. The van der Waals surface area contributed by atoms with Crippen molar-refractivity contribution in [3.63, 3.8) is 0 Å². The van der Waals surface area contributed by atoms with Crippen molar-refractivity contribution < 1.29 is 18.3 Å². The van der Waals surface area contributed by atoms with Gasteiger partial charge in [0.1, 0.15) is 11.4 Å². The summed E-state index contributed by atoms with van der Waals surface area (Å²) in [5.74, 6) is -1.36. The van der Waals surface area contributed by atoms with E-state index in [0.29, 0.717) is 44.0 Å². The third-order valence-electron chi connectivity index (χ3n) is 6.08. The van der Waals surface area contributed by atoms with Gasteiger partial charge >= 0.3 is 0 Å². The number of amides is 1. The van der Waals surface area contributed by atoms with E-state index in [9.17, 15) is 4.79 Å². The molecular weight excluding hydrogens is 500 g/mol. The van der Waals surface area contributed by atoms with Crippen LogP contribution in [0.25, 0.3) is 5.69 Å². The summed E-state index contributed by atoms with van der Waals surface area (Å²) in [5.41, 5.74) is 2.39. The van der Waals surface area contributed by atoms with Crippen LogP contribution in [-0.4, -0.2) is 83.3 Å². The molecule has 0 bridgehead atoms. The topological polar surface area (TPSA) is 78.8 Å². The number of methoxy groups -OCH3 is 1. The Morgan fingerprint density at radius 2 is 1.84 bits per heavy atom. The third kappa shape index (κ3) is 6.38. The summed E-state index contributed by atoms with van der Waals surface area (Å²) >= 11 is 4.92. The minimum Gasteiger partial charge on any atom is -0.474 e. The number of benzene rings is 2. The van der Waals surface area contributed by atoms with Crippen LogP contribution in [-0.2, 0) is 17.8 Å². The highest BCUT2D eigenvalue weighted by Crippen LogP contribution is 2.27. The number of piperazine rings is 1. The molecule has 12 heteroatoms. The van der Waals surface area contributed by atoms with E-state index >= 15 is 8.78 Å². The van der Waals surface area contributed by atoms with Gasteiger partial charge in [0.05, 0.1) is 25.5 Å². The molecular formula is C25H29F2N7O2S. The van der Waals surface area contributed by atoms with Crippen LogP contribution in [0.1, 0.15) is 21.6 Å². The molecule has 0 atom stereocenters. The van der Waals surface area contributed by atoms with Crippen molar-refractivity contribution in [2.45, 2.75) is 13.1 Å². The van der Waals surface area contributed by atoms with Crippen molar-refractivity contribution in [3.05, 3.63) is 71.1 Å². The SMILES string of the molecule is COC(=S)NCc1cn(-c2cc(F)c(N3CCN(Cc4cccc(C(=O)N(C)C)c4)CC3)c(F)c2)nn1. The lowest BCUT2D eigenvalue weighted by molar-refractivity contribution is 0.0827. The summed E-state index contributed by atoms with van der Waals surface area (Å²) in [6, 6.07) is 10.1. The van der Waals surface area contributed by atoms with Gasteiger partial charge in [-0.05, 0) is 29.9 Å². The Bertz CT molecular complexity index is 1250. The maximum Gasteiger partial charge on any atom is 0.256 e. The molecule has 1 aliphatic rings. The summed E-state index contributed by atoms with van der Waals surface area (Å²) in [7, 11) is 4.90. The van der Waals surface area contributed by atoms with E-state index in [1.165, 1.54) is 23.9 Å². The first-order valence-corrected chi connectivity index (χ1v) is 12.2. The zero-order chi connectivity index (χ0) is 26.5. The Balaban J connectivity index is 1.39. The van der Waals surface area contributed by atoms with E-state index in [-0.39, 0.29) is 29.0 Å². The van der Waals surface area contributed by atoms with Crippen molar-refractivity contribution >= 4 is 29.0 Å². The van der Waals surface area contributed by atoms with Crippen molar-refractivity contribution in [2.24, 2.45) is 0 Å². The molecule has 37 heavy (non-hydrogen) atoms. The Hall–Kier alpha value is -3.64. The van der Waals surface area contributed by atoms with Gasteiger partial charge in [0.25, 0.3) is 11.1 Å². The summed E-state index contributed by atoms with van der Waals surface area (Å²) in [6.45, 7) is 3.15. The van der Waals surface area contributed by atoms with Crippen molar-refractivity contribution in [3.8, 4) is 5.69 Å². The van der Waals surface area contributed by atoms with Crippen LogP contribution in [0.3, 0.4) is 0 Å². The summed E-state index contributed by atoms with van der Waals surface area (Å²) < 4.78 is 36.3. The first-order valence-electron chi connectivity index (χ1n) is 11.8. The summed E-state index contributed by atoms with van der Waals surface area (Å²) in [5, 5.41) is 11.0. The van der Waals surface area contributed by atoms with Gasteiger partial charge < -0.3 is 19.9 Å². The fourth-order valence-electron chi connectivity index (χ4n) is 4.18. The quantitative estimate of drug-likeness (QED) is 0.468. The standard InChI is InChI=1S/C25H29F2N7O2S/c1-31(2)24(35)18-6-4-5-17(11-18)15-32-7-9-33(10-8-32)23-21(26)12-20(13-22(23)27)34-16-19(29-30-34)14-28-25(37)36-3/h4-6,11-13,16H,7-10,14-15H2,1-3H3,(H,28,37). The highest BCUT2D eigenvalue weighted by Gasteiger charge is 2.24. The number of nitrogens with one attached hydrogen (secondary N) is 1. The van der Waals surface area contributed by atoms with Crippen molar-refractivity contribution in [2.75, 3.05) is 52.3 Å². The number of nitrogens with zero attached hydrogens (tertiary/aromatic N) is 6. The first-order chi connectivity index (χ1) is 17.7. The molecule has 196 valence electrons. The van der Waals surface area contributed by atoms with Crippen molar-refractivity contribution in [1.82, 2.24) is 30.1 Å². The molecule has 0 unspecified atom stereocenters. The van der Waals surface area contributed by atoms with Gasteiger partial charge in [0.2, 0.25) is 0 Å². The second-order valence-electron chi connectivity index (χ2n) is 8.92. The van der Waals surface area contributed by atoms with Gasteiger partial charge in [-0.2, -0.15) is 0 Å². The zero-order valence-electron chi connectivity index (χ0n) is 20.9. The number of rotatable bonds is 7. The zero-order valence-corrected chi connectivity index (χ0v) is 21.8. The molecule has 3 aromatic rings. The van der Waals surface area contributed by atoms with E-state index < -0.39 is 11.6 Å². The van der Waals surface area contributed by atoms with Crippen LogP contribution in [0, 0.1) is 11.6 Å². The molecule has 0 aliphatic carbocycles. The average molecular weight is 530 g/mol.